The van der Waals surface area contributed by atoms with Crippen molar-refractivity contribution in [1.82, 2.24) is 4.31 Å². The molecule has 0 aromatic heterocycles. The summed E-state index contributed by atoms with van der Waals surface area (Å²) in [6.45, 7) is 0.334. The van der Waals surface area contributed by atoms with Gasteiger partial charge in [0, 0.05) is 13.1 Å². The number of aliphatic carboxylic acids is 1. The van der Waals surface area contributed by atoms with E-state index in [9.17, 15) is 13.2 Å². The Bertz CT molecular complexity index is 599. The van der Waals surface area contributed by atoms with Crippen molar-refractivity contribution in [2.75, 3.05) is 13.1 Å². The number of nitrogens with zero attached hydrogens (tertiary/aromatic N) is 1. The number of sulfonamides is 1. The fraction of sp³-hybridized carbons (Fsp3) is 0.417. The fourth-order valence-electron chi connectivity index (χ4n) is 2.16. The molecule has 5 nitrogen and oxygen atoms in total. The third kappa shape index (κ3) is 3.57. The predicted octanol–water partition coefficient (Wildman–Crippen LogP) is -1.06. The van der Waals surface area contributed by atoms with Gasteiger partial charge in [-0.3, -0.25) is 4.79 Å². The van der Waals surface area contributed by atoms with E-state index in [1.165, 1.54) is 16.4 Å². The normalized spacial score (nSPS) is 20.1. The van der Waals surface area contributed by atoms with Crippen LogP contribution in [0, 0.1) is 5.92 Å². The number of carboxylic acids is 1. The molecule has 1 saturated heterocycles. The average molecular weight is 312 g/mol. The van der Waals surface area contributed by atoms with Crippen LogP contribution in [0.25, 0.3) is 0 Å². The van der Waals surface area contributed by atoms with E-state index in [2.05, 4.69) is 0 Å². The largest absolute Gasteiger partial charge is 1.00 e. The van der Waals surface area contributed by atoms with Gasteiger partial charge in [0.2, 0.25) is 10.0 Å². The van der Waals surface area contributed by atoms with Gasteiger partial charge in [-0.2, -0.15) is 4.31 Å². The number of halogens is 1. The molecule has 0 radical (unpaired) electrons. The van der Waals surface area contributed by atoms with Crippen molar-refractivity contribution in [2.45, 2.75) is 17.7 Å². The zero-order valence-corrected chi connectivity index (χ0v) is 12.7. The topological polar surface area (TPSA) is 74.7 Å². The molecule has 0 bridgehead atoms. The van der Waals surface area contributed by atoms with Crippen molar-refractivity contribution >= 4 is 27.6 Å². The van der Waals surface area contributed by atoms with E-state index >= 15 is 0 Å². The first-order valence-corrected chi connectivity index (χ1v) is 7.72. The maximum absolute atomic E-state index is 12.4. The smallest absolute Gasteiger partial charge is 1.00 e. The van der Waals surface area contributed by atoms with Gasteiger partial charge >= 0.3 is 24.8 Å². The molecular weight excluding hydrogens is 297 g/mol. The molecule has 1 aliphatic rings. The minimum absolute atomic E-state index is 0. The minimum atomic E-state index is -3.72. The molecule has 1 aromatic rings. The number of carbonyl (C=O) groups is 1. The molecule has 1 aliphatic heterocycles. The first-order valence-electron chi connectivity index (χ1n) is 5.90. The standard InChI is InChI=1S/C12H14ClNO4S.Li.H/c13-10-5-1-2-6-11(10)19(17,18)14-7-3-4-9(8-14)12(15)16;;/h1-2,5-6,9H,3-4,7-8H2,(H,15,16);;/q;+1;-1. The number of hydrogen-bond acceptors (Lipinski definition) is 3. The molecular formula is C12H15ClLiNO4S. The summed E-state index contributed by atoms with van der Waals surface area (Å²) in [6.07, 6.45) is 1.05. The van der Waals surface area contributed by atoms with Crippen LogP contribution >= 0.6 is 11.6 Å². The zero-order chi connectivity index (χ0) is 14.0. The van der Waals surface area contributed by atoms with E-state index in [1.54, 1.807) is 12.1 Å². The molecule has 0 aliphatic carbocycles. The summed E-state index contributed by atoms with van der Waals surface area (Å²) in [5.41, 5.74) is 0. The van der Waals surface area contributed by atoms with Gasteiger partial charge in [0.25, 0.3) is 0 Å². The summed E-state index contributed by atoms with van der Waals surface area (Å²) < 4.78 is 26.1. The summed E-state index contributed by atoms with van der Waals surface area (Å²) in [5, 5.41) is 9.15. The quantitative estimate of drug-likeness (QED) is 0.722. The Morgan fingerprint density at radius 3 is 2.65 bits per heavy atom. The Labute approximate surface area is 136 Å². The van der Waals surface area contributed by atoms with E-state index in [-0.39, 0.29) is 36.8 Å². The molecule has 1 atom stereocenters. The van der Waals surface area contributed by atoms with Crippen molar-refractivity contribution in [3.05, 3.63) is 29.3 Å². The Kier molecular flexibility index (Phi) is 6.11. The maximum Gasteiger partial charge on any atom is 1.00 e. The average Bonchev–Trinajstić information content (AvgIpc) is 2.39. The van der Waals surface area contributed by atoms with E-state index in [4.69, 9.17) is 16.7 Å². The second kappa shape index (κ2) is 6.97. The third-order valence-electron chi connectivity index (χ3n) is 3.19. The van der Waals surface area contributed by atoms with Crippen LogP contribution in [0.15, 0.2) is 29.2 Å². The van der Waals surface area contributed by atoms with Crippen molar-refractivity contribution in [2.24, 2.45) is 5.92 Å². The fourth-order valence-corrected chi connectivity index (χ4v) is 4.17. The molecule has 1 aromatic carbocycles. The number of hydrogen-bond donors (Lipinski definition) is 1. The molecule has 106 valence electrons. The Balaban J connectivity index is 0.00000200. The van der Waals surface area contributed by atoms with Gasteiger partial charge in [0.05, 0.1) is 10.9 Å². The molecule has 20 heavy (non-hydrogen) atoms. The summed E-state index contributed by atoms with van der Waals surface area (Å²) in [6, 6.07) is 6.18. The Hall–Kier alpha value is -0.513. The SMILES string of the molecule is O=C(O)C1CCCN(S(=O)(=O)c2ccccc2Cl)C1.[H-].[Li+]. The summed E-state index contributed by atoms with van der Waals surface area (Å²) in [7, 11) is -3.72. The van der Waals surface area contributed by atoms with Crippen molar-refractivity contribution in [3.8, 4) is 0 Å². The van der Waals surface area contributed by atoms with Crippen molar-refractivity contribution < 1.29 is 38.6 Å². The van der Waals surface area contributed by atoms with Gasteiger partial charge in [-0.05, 0) is 25.0 Å². The number of carboxylic acid groups (broad SMARTS) is 1. The van der Waals surface area contributed by atoms with Crippen LogP contribution in [-0.4, -0.2) is 36.9 Å². The molecule has 1 N–H and O–H groups in total. The van der Waals surface area contributed by atoms with Gasteiger partial charge in [-0.25, -0.2) is 8.42 Å². The molecule has 1 fully saturated rings. The second-order valence-electron chi connectivity index (χ2n) is 4.47. The molecule has 0 saturated carbocycles. The van der Waals surface area contributed by atoms with Gasteiger partial charge in [0.15, 0.2) is 0 Å². The summed E-state index contributed by atoms with van der Waals surface area (Å²) >= 11 is 5.90. The first-order chi connectivity index (χ1) is 8.93. The molecule has 0 spiro atoms. The van der Waals surface area contributed by atoms with Crippen LogP contribution in [-0.2, 0) is 14.8 Å². The molecule has 1 unspecified atom stereocenters. The van der Waals surface area contributed by atoms with Gasteiger partial charge in [0.1, 0.15) is 4.90 Å². The van der Waals surface area contributed by atoms with Gasteiger partial charge in [-0.1, -0.05) is 23.7 Å². The van der Waals surface area contributed by atoms with Gasteiger partial charge < -0.3 is 6.53 Å². The number of piperidine rings is 1. The maximum atomic E-state index is 12.4. The van der Waals surface area contributed by atoms with Crippen molar-refractivity contribution in [3.63, 3.8) is 0 Å². The molecule has 0 amide bonds. The summed E-state index contributed by atoms with van der Waals surface area (Å²) in [4.78, 5) is 11.0. The Morgan fingerprint density at radius 1 is 1.40 bits per heavy atom. The van der Waals surface area contributed by atoms with Crippen LogP contribution < -0.4 is 18.9 Å². The monoisotopic (exact) mass is 311 g/mol. The molecule has 2 rings (SSSR count). The number of benzene rings is 1. The van der Waals surface area contributed by atoms with Gasteiger partial charge in [-0.15, -0.1) is 0 Å². The van der Waals surface area contributed by atoms with E-state index in [1.807, 2.05) is 0 Å². The first kappa shape index (κ1) is 17.5. The van der Waals surface area contributed by atoms with Crippen LogP contribution in [0.1, 0.15) is 14.3 Å². The van der Waals surface area contributed by atoms with E-state index < -0.39 is 21.9 Å². The van der Waals surface area contributed by atoms with E-state index in [0.29, 0.717) is 19.4 Å². The van der Waals surface area contributed by atoms with Crippen LogP contribution in [0.3, 0.4) is 0 Å². The predicted molar refractivity (Wildman–Crippen MR) is 71.7 cm³/mol. The minimum Gasteiger partial charge on any atom is -1.00 e. The number of rotatable bonds is 3. The zero-order valence-electron chi connectivity index (χ0n) is 12.1. The van der Waals surface area contributed by atoms with E-state index in [0.717, 1.165) is 0 Å². The Morgan fingerprint density at radius 2 is 2.05 bits per heavy atom. The van der Waals surface area contributed by atoms with Crippen LogP contribution in [0.2, 0.25) is 5.02 Å². The van der Waals surface area contributed by atoms with Crippen LogP contribution in [0.4, 0.5) is 0 Å². The third-order valence-corrected chi connectivity index (χ3v) is 5.55. The van der Waals surface area contributed by atoms with Crippen LogP contribution in [0.5, 0.6) is 0 Å². The second-order valence-corrected chi connectivity index (χ2v) is 6.78. The molecule has 1 heterocycles. The molecule has 8 heteroatoms. The van der Waals surface area contributed by atoms with Crippen molar-refractivity contribution in [1.29, 1.82) is 0 Å². The summed E-state index contributed by atoms with van der Waals surface area (Å²) in [5.74, 6) is -1.61.